The molecule has 1 aliphatic carbocycles. The molecule has 10 nitrogen and oxygen atoms in total. The van der Waals surface area contributed by atoms with Crippen LogP contribution < -0.4 is 20.3 Å². The normalized spacial score (nSPS) is 22.4. The van der Waals surface area contributed by atoms with Crippen molar-refractivity contribution in [2.45, 2.75) is 77.3 Å². The lowest BCUT2D eigenvalue weighted by Crippen LogP contribution is -2.42. The molecule has 0 unspecified atom stereocenters. The van der Waals surface area contributed by atoms with E-state index in [-0.39, 0.29) is 11.9 Å². The van der Waals surface area contributed by atoms with E-state index in [2.05, 4.69) is 50.7 Å². The molecule has 2 aromatic heterocycles. The van der Waals surface area contributed by atoms with E-state index in [9.17, 15) is 4.79 Å². The van der Waals surface area contributed by atoms with Gasteiger partial charge in [0, 0.05) is 42.6 Å². The summed E-state index contributed by atoms with van der Waals surface area (Å²) in [5.41, 5.74) is 5.85. The summed E-state index contributed by atoms with van der Waals surface area (Å²) in [6.07, 6.45) is 11.0. The lowest BCUT2D eigenvalue weighted by Gasteiger charge is -2.30. The van der Waals surface area contributed by atoms with E-state index in [4.69, 9.17) is 14.7 Å². The van der Waals surface area contributed by atoms with Crippen LogP contribution in [0.25, 0.3) is 11.3 Å². The van der Waals surface area contributed by atoms with Gasteiger partial charge < -0.3 is 25.2 Å². The third-order valence-electron chi connectivity index (χ3n) is 9.42. The number of hydrogen-bond acceptors (Lipinski definition) is 8. The Balaban J connectivity index is 1.19. The van der Waals surface area contributed by atoms with Crippen LogP contribution in [0.4, 0.5) is 17.1 Å². The van der Waals surface area contributed by atoms with Crippen LogP contribution >= 0.6 is 0 Å². The molecule has 2 fully saturated rings. The number of guanidine groups is 1. The highest BCUT2D eigenvalue weighted by Crippen LogP contribution is 2.45. The first-order valence-electron chi connectivity index (χ1n) is 16.4. The standard InChI is InChI=1S/C34H44N8O2/c1-22(13-16-41-14-5-4-6-15-41)36-26-11-12-28-31(20-26)42-30(24-9-10-24)8-7-17-44-33-27(21-35-40(33)3)29-19-25(18-23(2)37-29)32(43)39-34(42)38-28/h11-12,18-22,24,30,36H,4-10,13-17H2,1-3H3,(H,38,39,43)/t22-,30+/m1/s1. The first-order valence-corrected chi connectivity index (χ1v) is 16.4. The second-order valence-corrected chi connectivity index (χ2v) is 13.0. The number of nitrogens with one attached hydrogen (secondary N) is 2. The summed E-state index contributed by atoms with van der Waals surface area (Å²) in [7, 11) is 1.88. The summed E-state index contributed by atoms with van der Waals surface area (Å²) >= 11 is 0. The van der Waals surface area contributed by atoms with Gasteiger partial charge in [-0.15, -0.1) is 0 Å². The molecule has 2 atom stereocenters. The highest BCUT2D eigenvalue weighted by atomic mass is 16.5. The number of aryl methyl sites for hydroxylation is 2. The number of rotatable bonds is 6. The number of ether oxygens (including phenoxy) is 1. The lowest BCUT2D eigenvalue weighted by molar-refractivity contribution is 0.100. The molecule has 2 N–H and O–H groups in total. The molecule has 2 bridgehead atoms. The number of benzene rings is 1. The quantitative estimate of drug-likeness (QED) is 0.366. The van der Waals surface area contributed by atoms with E-state index in [0.717, 1.165) is 54.1 Å². The third kappa shape index (κ3) is 6.04. The number of hydrogen-bond donors (Lipinski definition) is 2. The number of pyridine rings is 1. The number of aromatic nitrogens is 3. The van der Waals surface area contributed by atoms with E-state index in [1.54, 1.807) is 23.0 Å². The van der Waals surface area contributed by atoms with Gasteiger partial charge in [0.1, 0.15) is 0 Å². The predicted octanol–water partition coefficient (Wildman–Crippen LogP) is 5.85. The number of nitrogens with zero attached hydrogens (tertiary/aromatic N) is 6. The summed E-state index contributed by atoms with van der Waals surface area (Å²) in [5.74, 6) is 1.54. The van der Waals surface area contributed by atoms with Gasteiger partial charge in [-0.05, 0) is 108 Å². The minimum absolute atomic E-state index is 0.217. The van der Waals surface area contributed by atoms with Crippen LogP contribution in [0.5, 0.6) is 5.88 Å². The zero-order valence-electron chi connectivity index (χ0n) is 26.2. The fourth-order valence-corrected chi connectivity index (χ4v) is 6.94. The Labute approximate surface area is 259 Å². The average molecular weight is 597 g/mol. The summed E-state index contributed by atoms with van der Waals surface area (Å²) in [4.78, 5) is 28.1. The summed E-state index contributed by atoms with van der Waals surface area (Å²) < 4.78 is 8.06. The number of anilines is 3. The number of carbonyl (C=O) groups is 1. The van der Waals surface area contributed by atoms with E-state index in [0.29, 0.717) is 41.7 Å². The van der Waals surface area contributed by atoms with Crippen molar-refractivity contribution in [3.63, 3.8) is 0 Å². The predicted molar refractivity (Wildman–Crippen MR) is 175 cm³/mol. The largest absolute Gasteiger partial charge is 0.477 e. The van der Waals surface area contributed by atoms with E-state index >= 15 is 0 Å². The van der Waals surface area contributed by atoms with Crippen molar-refractivity contribution in [1.29, 1.82) is 0 Å². The molecule has 3 aliphatic heterocycles. The molecule has 232 valence electrons. The number of piperidine rings is 1. The molecule has 3 aromatic rings. The molecule has 1 amide bonds. The van der Waals surface area contributed by atoms with E-state index in [1.165, 1.54) is 45.2 Å². The Morgan fingerprint density at radius 2 is 1.93 bits per heavy atom. The van der Waals surface area contributed by atoms with Gasteiger partial charge in [0.05, 0.1) is 35.4 Å². The van der Waals surface area contributed by atoms with Crippen LogP contribution in [0.15, 0.2) is 41.5 Å². The topological polar surface area (TPSA) is 99.9 Å². The van der Waals surface area contributed by atoms with Crippen LogP contribution in [-0.2, 0) is 7.05 Å². The lowest BCUT2D eigenvalue weighted by atomic mass is 10.0. The van der Waals surface area contributed by atoms with Gasteiger partial charge in [0.2, 0.25) is 11.8 Å². The molecule has 7 rings (SSSR count). The SMILES string of the molecule is Cc1cc2cc(n1)-c1cnn(C)c1OCCC[C@@H](C1CC1)N1/C(=N/C2=O)Nc2ccc(N[C@H](C)CCN3CCCCC3)cc21. The van der Waals surface area contributed by atoms with Crippen LogP contribution in [0.1, 0.15) is 74.3 Å². The maximum atomic E-state index is 13.8. The van der Waals surface area contributed by atoms with Gasteiger partial charge in [-0.3, -0.25) is 9.78 Å². The number of amides is 1. The first kappa shape index (κ1) is 28.8. The van der Waals surface area contributed by atoms with Gasteiger partial charge in [-0.2, -0.15) is 10.1 Å². The Morgan fingerprint density at radius 1 is 1.09 bits per heavy atom. The number of fused-ring (bicyclic) bond motifs is 7. The van der Waals surface area contributed by atoms with Crippen LogP contribution in [0.2, 0.25) is 0 Å². The monoisotopic (exact) mass is 596 g/mol. The summed E-state index contributed by atoms with van der Waals surface area (Å²) in [5, 5.41) is 11.7. The number of aliphatic imine (C=N–C) groups is 1. The highest BCUT2D eigenvalue weighted by molar-refractivity contribution is 6.19. The molecule has 0 spiro atoms. The molecule has 5 heterocycles. The zero-order chi connectivity index (χ0) is 30.2. The molecule has 4 aliphatic rings. The zero-order valence-corrected chi connectivity index (χ0v) is 26.2. The Bertz CT molecular complexity index is 1550. The Kier molecular flexibility index (Phi) is 8.01. The smallest absolute Gasteiger partial charge is 0.280 e. The van der Waals surface area contributed by atoms with Crippen molar-refractivity contribution in [2.75, 3.05) is 41.8 Å². The van der Waals surface area contributed by atoms with Gasteiger partial charge in [0.15, 0.2) is 0 Å². The maximum Gasteiger partial charge on any atom is 0.280 e. The highest BCUT2D eigenvalue weighted by Gasteiger charge is 2.41. The second kappa shape index (κ2) is 12.2. The fraction of sp³-hybridized carbons (Fsp3) is 0.529. The van der Waals surface area contributed by atoms with Gasteiger partial charge in [0.25, 0.3) is 5.91 Å². The van der Waals surface area contributed by atoms with Crippen LogP contribution in [-0.4, -0.2) is 69.9 Å². The molecular formula is C34H44N8O2. The molecule has 1 saturated heterocycles. The second-order valence-electron chi connectivity index (χ2n) is 13.0. The van der Waals surface area contributed by atoms with Crippen molar-refractivity contribution in [3.8, 4) is 17.1 Å². The number of likely N-dealkylation sites (tertiary alicyclic amines) is 1. The maximum absolute atomic E-state index is 13.8. The molecular weight excluding hydrogens is 552 g/mol. The first-order chi connectivity index (χ1) is 21.4. The third-order valence-corrected chi connectivity index (χ3v) is 9.42. The summed E-state index contributed by atoms with van der Waals surface area (Å²) in [6, 6.07) is 10.7. The minimum atomic E-state index is -0.292. The fourth-order valence-electron chi connectivity index (χ4n) is 6.94. The minimum Gasteiger partial charge on any atom is -0.477 e. The van der Waals surface area contributed by atoms with Gasteiger partial charge >= 0.3 is 0 Å². The Hall–Kier alpha value is -3.92. The average Bonchev–Trinajstić information content (AvgIpc) is 3.71. The van der Waals surface area contributed by atoms with Gasteiger partial charge in [-0.25, -0.2) is 4.68 Å². The van der Waals surface area contributed by atoms with Crippen LogP contribution in [0, 0.1) is 12.8 Å². The van der Waals surface area contributed by atoms with E-state index in [1.807, 2.05) is 14.0 Å². The summed E-state index contributed by atoms with van der Waals surface area (Å²) in [6.45, 7) is 8.33. The van der Waals surface area contributed by atoms with Crippen molar-refractivity contribution in [3.05, 3.63) is 47.8 Å². The van der Waals surface area contributed by atoms with Crippen molar-refractivity contribution >= 4 is 28.9 Å². The Morgan fingerprint density at radius 3 is 2.75 bits per heavy atom. The molecule has 1 aromatic carbocycles. The van der Waals surface area contributed by atoms with E-state index < -0.39 is 0 Å². The molecule has 1 saturated carbocycles. The molecule has 10 heteroatoms. The molecule has 44 heavy (non-hydrogen) atoms. The van der Waals surface area contributed by atoms with Crippen molar-refractivity contribution < 1.29 is 9.53 Å². The van der Waals surface area contributed by atoms with Gasteiger partial charge in [-0.1, -0.05) is 6.42 Å². The van der Waals surface area contributed by atoms with Crippen molar-refractivity contribution in [2.24, 2.45) is 18.0 Å². The number of carbonyl (C=O) groups excluding carboxylic acids is 1. The van der Waals surface area contributed by atoms with Crippen LogP contribution in [0.3, 0.4) is 0 Å². The van der Waals surface area contributed by atoms with Crippen molar-refractivity contribution in [1.82, 2.24) is 19.7 Å². The molecule has 0 radical (unpaired) electrons.